The lowest BCUT2D eigenvalue weighted by Gasteiger charge is -2.50. The number of rotatable bonds is 3. The molecule has 0 saturated carbocycles. The molecule has 0 radical (unpaired) electrons. The summed E-state index contributed by atoms with van der Waals surface area (Å²) in [6.45, 7) is 4.29. The second kappa shape index (κ2) is 6.59. The lowest BCUT2D eigenvalue weighted by molar-refractivity contribution is -0.140. The van der Waals surface area contributed by atoms with Crippen LogP contribution in [-0.4, -0.2) is 57.5 Å². The molecule has 138 valence electrons. The number of amides is 1. The molecular weight excluding hydrogens is 332 g/mol. The Labute approximate surface area is 152 Å². The zero-order valence-electron chi connectivity index (χ0n) is 15.2. The van der Waals surface area contributed by atoms with Gasteiger partial charge in [-0.1, -0.05) is 6.92 Å². The van der Waals surface area contributed by atoms with Gasteiger partial charge in [-0.3, -0.25) is 4.79 Å². The third-order valence-electron chi connectivity index (χ3n) is 5.62. The monoisotopic (exact) mass is 356 g/mol. The minimum atomic E-state index is -0.311. The smallest absolute Gasteiger partial charge is 0.223 e. The lowest BCUT2D eigenvalue weighted by atomic mass is 9.78. The minimum Gasteiger partial charge on any atom is -0.481 e. The van der Waals surface area contributed by atoms with Crippen molar-refractivity contribution in [2.45, 2.75) is 38.1 Å². The molecule has 8 heteroatoms. The number of methoxy groups -OCH3 is 1. The summed E-state index contributed by atoms with van der Waals surface area (Å²) in [6, 6.07) is 1.85. The number of aromatic amines is 1. The molecule has 0 atom stereocenters. The van der Waals surface area contributed by atoms with E-state index in [-0.39, 0.29) is 11.4 Å². The van der Waals surface area contributed by atoms with Gasteiger partial charge in [0.15, 0.2) is 0 Å². The molecule has 1 spiro atoms. The number of imidazole rings is 1. The molecule has 0 bridgehead atoms. The first-order valence-electron chi connectivity index (χ1n) is 9.12. The summed E-state index contributed by atoms with van der Waals surface area (Å²) in [4.78, 5) is 33.3. The van der Waals surface area contributed by atoms with Gasteiger partial charge in [-0.05, 0) is 12.8 Å². The first kappa shape index (κ1) is 16.8. The van der Waals surface area contributed by atoms with E-state index in [2.05, 4.69) is 29.7 Å². The van der Waals surface area contributed by atoms with Gasteiger partial charge in [0.1, 0.15) is 12.1 Å². The normalized spacial score (nSPS) is 18.7. The molecule has 0 aliphatic carbocycles. The fourth-order valence-corrected chi connectivity index (χ4v) is 4.26. The Balaban J connectivity index is 1.62. The molecule has 1 amide bonds. The molecule has 2 aliphatic heterocycles. The summed E-state index contributed by atoms with van der Waals surface area (Å²) in [5.74, 6) is 1.62. The number of fused-ring (bicyclic) bond motifs is 2. The van der Waals surface area contributed by atoms with Crippen molar-refractivity contribution in [3.05, 3.63) is 30.1 Å². The van der Waals surface area contributed by atoms with Crippen LogP contribution in [0.15, 0.2) is 18.7 Å². The molecule has 0 unspecified atom stereocenters. The molecule has 0 aromatic carbocycles. The minimum absolute atomic E-state index is 0.204. The largest absolute Gasteiger partial charge is 0.481 e. The summed E-state index contributed by atoms with van der Waals surface area (Å²) in [5.41, 5.74) is 1.90. The van der Waals surface area contributed by atoms with Gasteiger partial charge in [-0.25, -0.2) is 15.0 Å². The average molecular weight is 356 g/mol. The van der Waals surface area contributed by atoms with Crippen LogP contribution in [0.25, 0.3) is 0 Å². The molecule has 4 heterocycles. The number of aromatic nitrogens is 4. The van der Waals surface area contributed by atoms with E-state index in [1.165, 1.54) is 12.0 Å². The number of H-pyrrole nitrogens is 1. The molecule has 2 aromatic rings. The number of piperidine rings is 1. The zero-order chi connectivity index (χ0) is 18.1. The Morgan fingerprint density at radius 2 is 2.08 bits per heavy atom. The Morgan fingerprint density at radius 3 is 2.81 bits per heavy atom. The van der Waals surface area contributed by atoms with Crippen LogP contribution in [0.4, 0.5) is 5.82 Å². The van der Waals surface area contributed by atoms with Crippen LogP contribution >= 0.6 is 0 Å². The van der Waals surface area contributed by atoms with Crippen molar-refractivity contribution in [1.29, 1.82) is 0 Å². The second-order valence-electron chi connectivity index (χ2n) is 6.82. The lowest BCUT2D eigenvalue weighted by Crippen LogP contribution is -2.58. The molecule has 1 saturated heterocycles. The van der Waals surface area contributed by atoms with Crippen LogP contribution in [0.2, 0.25) is 0 Å². The summed E-state index contributed by atoms with van der Waals surface area (Å²) in [6.07, 6.45) is 6.32. The molecule has 26 heavy (non-hydrogen) atoms. The van der Waals surface area contributed by atoms with Gasteiger partial charge in [0.05, 0.1) is 24.7 Å². The van der Waals surface area contributed by atoms with Crippen molar-refractivity contribution >= 4 is 11.7 Å². The molecule has 8 nitrogen and oxygen atoms in total. The number of anilines is 1. The van der Waals surface area contributed by atoms with E-state index < -0.39 is 0 Å². The highest BCUT2D eigenvalue weighted by Gasteiger charge is 2.48. The summed E-state index contributed by atoms with van der Waals surface area (Å²) < 4.78 is 5.21. The second-order valence-corrected chi connectivity index (χ2v) is 6.82. The van der Waals surface area contributed by atoms with E-state index in [4.69, 9.17) is 4.74 Å². The first-order valence-corrected chi connectivity index (χ1v) is 9.12. The van der Waals surface area contributed by atoms with Crippen molar-refractivity contribution in [2.24, 2.45) is 0 Å². The van der Waals surface area contributed by atoms with E-state index in [0.29, 0.717) is 12.3 Å². The maximum Gasteiger partial charge on any atom is 0.223 e. The van der Waals surface area contributed by atoms with Crippen LogP contribution < -0.4 is 9.64 Å². The third kappa shape index (κ3) is 2.60. The average Bonchev–Trinajstić information content (AvgIpc) is 3.18. The van der Waals surface area contributed by atoms with Gasteiger partial charge in [-0.2, -0.15) is 0 Å². The van der Waals surface area contributed by atoms with Crippen molar-refractivity contribution < 1.29 is 9.53 Å². The van der Waals surface area contributed by atoms with E-state index in [1.807, 2.05) is 13.0 Å². The van der Waals surface area contributed by atoms with Gasteiger partial charge in [0, 0.05) is 44.2 Å². The van der Waals surface area contributed by atoms with Crippen molar-refractivity contribution in [3.8, 4) is 5.88 Å². The van der Waals surface area contributed by atoms with E-state index in [1.54, 1.807) is 13.4 Å². The summed E-state index contributed by atoms with van der Waals surface area (Å²) in [7, 11) is 1.60. The molecule has 1 N–H and O–H groups in total. The first-order chi connectivity index (χ1) is 12.7. The number of nitrogens with zero attached hydrogens (tertiary/aromatic N) is 5. The fraction of sp³-hybridized carbons (Fsp3) is 0.556. The predicted molar refractivity (Wildman–Crippen MR) is 96.0 cm³/mol. The Kier molecular flexibility index (Phi) is 4.26. The van der Waals surface area contributed by atoms with Crippen molar-refractivity contribution in [1.82, 2.24) is 24.8 Å². The third-order valence-corrected chi connectivity index (χ3v) is 5.62. The van der Waals surface area contributed by atoms with Crippen LogP contribution in [0.3, 0.4) is 0 Å². The van der Waals surface area contributed by atoms with E-state index in [9.17, 15) is 4.79 Å². The molecule has 2 aromatic heterocycles. The molecule has 1 fully saturated rings. The number of ether oxygens (including phenoxy) is 1. The van der Waals surface area contributed by atoms with Crippen LogP contribution in [-0.2, 0) is 16.8 Å². The number of nitrogens with one attached hydrogen (secondary N) is 1. The van der Waals surface area contributed by atoms with Gasteiger partial charge >= 0.3 is 0 Å². The standard InChI is InChI=1S/C18H24N6O2/c1-3-16(25)24-7-4-13-17(22-11-19-13)18(24)5-8-23(9-6-18)14-10-15(26-2)21-12-20-14/h10-12H,3-9H2,1-2H3,(H,19,22). The van der Waals surface area contributed by atoms with Crippen molar-refractivity contribution in [3.63, 3.8) is 0 Å². The SMILES string of the molecule is CCC(=O)N1CCc2[nH]cnc2C12CCN(c1cc(OC)ncn1)CC2. The Hall–Kier alpha value is -2.64. The van der Waals surface area contributed by atoms with Crippen molar-refractivity contribution in [2.75, 3.05) is 31.6 Å². The number of hydrogen-bond acceptors (Lipinski definition) is 6. The van der Waals surface area contributed by atoms with E-state index >= 15 is 0 Å². The predicted octanol–water partition coefficient (Wildman–Crippen LogP) is 1.50. The molecular formula is C18H24N6O2. The zero-order valence-corrected chi connectivity index (χ0v) is 15.2. The van der Waals surface area contributed by atoms with Gasteiger partial charge in [0.2, 0.25) is 11.8 Å². The highest BCUT2D eigenvalue weighted by molar-refractivity contribution is 5.77. The quantitative estimate of drug-likeness (QED) is 0.897. The number of hydrogen-bond donors (Lipinski definition) is 1. The van der Waals surface area contributed by atoms with Gasteiger partial charge in [0.25, 0.3) is 0 Å². The summed E-state index contributed by atoms with van der Waals surface area (Å²) in [5, 5.41) is 0. The number of carbonyl (C=O) groups excluding carboxylic acids is 1. The Bertz CT molecular complexity index is 796. The molecule has 2 aliphatic rings. The van der Waals surface area contributed by atoms with Crippen LogP contribution in [0.5, 0.6) is 5.88 Å². The highest BCUT2D eigenvalue weighted by Crippen LogP contribution is 2.43. The molecule has 4 rings (SSSR count). The summed E-state index contributed by atoms with van der Waals surface area (Å²) >= 11 is 0. The van der Waals surface area contributed by atoms with Gasteiger partial charge in [-0.15, -0.1) is 0 Å². The fourth-order valence-electron chi connectivity index (χ4n) is 4.26. The number of carbonyl (C=O) groups is 1. The topological polar surface area (TPSA) is 87.2 Å². The maximum atomic E-state index is 12.6. The van der Waals surface area contributed by atoms with E-state index in [0.717, 1.165) is 50.4 Å². The maximum absolute atomic E-state index is 12.6. The van der Waals surface area contributed by atoms with Gasteiger partial charge < -0.3 is 19.5 Å². The highest BCUT2D eigenvalue weighted by atomic mass is 16.5. The van der Waals surface area contributed by atoms with Crippen LogP contribution in [0, 0.1) is 0 Å². The Morgan fingerprint density at radius 1 is 1.27 bits per heavy atom. The van der Waals surface area contributed by atoms with Crippen LogP contribution in [0.1, 0.15) is 37.6 Å².